The van der Waals surface area contributed by atoms with Crippen molar-refractivity contribution in [1.82, 2.24) is 24.8 Å². The number of hydrogen-bond donors (Lipinski definition) is 2. The van der Waals surface area contributed by atoms with E-state index >= 15 is 0 Å². The molecule has 1 aromatic carbocycles. The summed E-state index contributed by atoms with van der Waals surface area (Å²) in [5.41, 5.74) is 4.03. The van der Waals surface area contributed by atoms with Crippen LogP contribution in [0.3, 0.4) is 0 Å². The van der Waals surface area contributed by atoms with Crippen molar-refractivity contribution in [3.63, 3.8) is 0 Å². The number of carbonyl (C=O) groups is 1. The summed E-state index contributed by atoms with van der Waals surface area (Å²) in [7, 11) is 5.29. The Balaban J connectivity index is 1.88. The Kier molecular flexibility index (Phi) is 3.38. The summed E-state index contributed by atoms with van der Waals surface area (Å²) in [6.45, 7) is 0. The number of aromatic nitrogens is 4. The van der Waals surface area contributed by atoms with Gasteiger partial charge in [-0.25, -0.2) is 9.97 Å². The van der Waals surface area contributed by atoms with Gasteiger partial charge < -0.3 is 19.6 Å². The number of hydrogen-bond acceptors (Lipinski definition) is 6. The van der Waals surface area contributed by atoms with Crippen molar-refractivity contribution in [2.75, 3.05) is 19.4 Å². The Morgan fingerprint density at radius 3 is 2.56 bits per heavy atom. The van der Waals surface area contributed by atoms with Crippen LogP contribution in [0.5, 0.6) is 0 Å². The quantitative estimate of drug-likeness (QED) is 0.595. The summed E-state index contributed by atoms with van der Waals surface area (Å²) < 4.78 is 7.74. The lowest BCUT2D eigenvalue weighted by molar-refractivity contribution is 0.0963. The number of anilines is 1. The van der Waals surface area contributed by atoms with Crippen molar-refractivity contribution in [1.29, 1.82) is 0 Å². The van der Waals surface area contributed by atoms with Crippen molar-refractivity contribution in [3.05, 3.63) is 36.2 Å². The minimum absolute atomic E-state index is 0.138. The number of benzene rings is 1. The van der Waals surface area contributed by atoms with Gasteiger partial charge in [0.25, 0.3) is 11.6 Å². The van der Waals surface area contributed by atoms with Gasteiger partial charge in [-0.3, -0.25) is 4.79 Å². The van der Waals surface area contributed by atoms with E-state index in [0.717, 1.165) is 16.6 Å². The number of pyridine rings is 1. The fourth-order valence-corrected chi connectivity index (χ4v) is 2.79. The summed E-state index contributed by atoms with van der Waals surface area (Å²) in [5, 5.41) is 5.63. The Hall–Kier alpha value is -3.42. The number of aryl methyl sites for hydroxylation is 1. The number of amides is 1. The van der Waals surface area contributed by atoms with Gasteiger partial charge in [0, 0.05) is 32.3 Å². The van der Waals surface area contributed by atoms with Crippen LogP contribution in [0.2, 0.25) is 0 Å². The van der Waals surface area contributed by atoms with Gasteiger partial charge >= 0.3 is 0 Å². The van der Waals surface area contributed by atoms with E-state index in [-0.39, 0.29) is 5.91 Å². The minimum atomic E-state index is -0.138. The maximum atomic E-state index is 11.7. The zero-order chi connectivity index (χ0) is 17.6. The third-order valence-corrected chi connectivity index (χ3v) is 4.07. The number of nitrogens with zero attached hydrogens (tertiary/aromatic N) is 4. The van der Waals surface area contributed by atoms with E-state index in [1.54, 1.807) is 44.7 Å². The number of carbonyl (C=O) groups excluding carboxylic acids is 1. The van der Waals surface area contributed by atoms with Crippen LogP contribution in [0.1, 0.15) is 10.4 Å². The van der Waals surface area contributed by atoms with E-state index in [9.17, 15) is 4.79 Å². The van der Waals surface area contributed by atoms with Crippen molar-refractivity contribution in [2.45, 2.75) is 0 Å². The average Bonchev–Trinajstić information content (AvgIpc) is 3.24. The predicted octanol–water partition coefficient (Wildman–Crippen LogP) is 2.18. The number of imidazole rings is 1. The van der Waals surface area contributed by atoms with Crippen molar-refractivity contribution < 1.29 is 9.21 Å². The van der Waals surface area contributed by atoms with Crippen molar-refractivity contribution in [2.24, 2.45) is 7.05 Å². The summed E-state index contributed by atoms with van der Waals surface area (Å²) in [6.07, 6.45) is 1.72. The largest absolute Gasteiger partial charge is 0.418 e. The molecule has 0 fully saturated rings. The van der Waals surface area contributed by atoms with Gasteiger partial charge in [-0.2, -0.15) is 4.98 Å². The highest BCUT2D eigenvalue weighted by Gasteiger charge is 2.18. The Bertz CT molecular complexity index is 1090. The van der Waals surface area contributed by atoms with Gasteiger partial charge in [-0.1, -0.05) is 0 Å². The minimum Gasteiger partial charge on any atom is -0.418 e. The van der Waals surface area contributed by atoms with Gasteiger partial charge in [-0.15, -0.1) is 0 Å². The lowest BCUT2D eigenvalue weighted by atomic mass is 10.1. The molecule has 0 radical (unpaired) electrons. The molecular weight excluding hydrogens is 320 g/mol. The van der Waals surface area contributed by atoms with E-state index in [4.69, 9.17) is 4.42 Å². The van der Waals surface area contributed by atoms with Crippen LogP contribution < -0.4 is 10.6 Å². The maximum absolute atomic E-state index is 11.7. The third-order valence-electron chi connectivity index (χ3n) is 4.07. The molecule has 2 N–H and O–H groups in total. The van der Waals surface area contributed by atoms with E-state index in [1.165, 1.54) is 0 Å². The van der Waals surface area contributed by atoms with Crippen LogP contribution in [0.4, 0.5) is 5.82 Å². The molecular formula is C17H16N6O2. The summed E-state index contributed by atoms with van der Waals surface area (Å²) in [6, 6.07) is 7.06. The molecule has 0 aliphatic heterocycles. The summed E-state index contributed by atoms with van der Waals surface area (Å²) >= 11 is 0. The molecule has 0 unspecified atom stereocenters. The number of oxazole rings is 1. The van der Waals surface area contributed by atoms with Gasteiger partial charge in [0.2, 0.25) is 5.89 Å². The van der Waals surface area contributed by atoms with E-state index in [2.05, 4.69) is 25.6 Å². The van der Waals surface area contributed by atoms with E-state index in [0.29, 0.717) is 28.5 Å². The molecule has 8 nitrogen and oxygen atoms in total. The third kappa shape index (κ3) is 2.30. The first-order valence-corrected chi connectivity index (χ1v) is 7.74. The molecule has 3 aromatic heterocycles. The molecule has 0 saturated carbocycles. The topological polar surface area (TPSA) is 97.9 Å². The fourth-order valence-electron chi connectivity index (χ4n) is 2.79. The molecule has 25 heavy (non-hydrogen) atoms. The summed E-state index contributed by atoms with van der Waals surface area (Å²) in [4.78, 5) is 25.1. The first-order valence-electron chi connectivity index (χ1n) is 7.74. The molecule has 0 saturated heterocycles. The molecule has 4 aromatic rings. The highest BCUT2D eigenvalue weighted by molar-refractivity contribution is 6.03. The first kappa shape index (κ1) is 15.1. The molecule has 4 rings (SSSR count). The molecule has 0 aliphatic rings. The molecule has 0 bridgehead atoms. The fraction of sp³-hybridized carbons (Fsp3) is 0.176. The molecule has 126 valence electrons. The first-order chi connectivity index (χ1) is 12.1. The second kappa shape index (κ2) is 5.59. The molecule has 3 heterocycles. The van der Waals surface area contributed by atoms with Gasteiger partial charge in [0.15, 0.2) is 11.3 Å². The van der Waals surface area contributed by atoms with Crippen molar-refractivity contribution >= 4 is 34.0 Å². The van der Waals surface area contributed by atoms with Gasteiger partial charge in [0.1, 0.15) is 11.0 Å². The Morgan fingerprint density at radius 2 is 1.88 bits per heavy atom. The molecule has 1 amide bonds. The number of fused-ring (bicyclic) bond motifs is 3. The lowest BCUT2D eigenvalue weighted by Crippen LogP contribution is -2.17. The molecule has 0 atom stereocenters. The highest BCUT2D eigenvalue weighted by atomic mass is 16.4. The van der Waals surface area contributed by atoms with Gasteiger partial charge in [-0.05, 0) is 24.3 Å². The summed E-state index contributed by atoms with van der Waals surface area (Å²) in [5.74, 6) is 0.948. The smallest absolute Gasteiger partial charge is 0.251 e. The van der Waals surface area contributed by atoms with E-state index < -0.39 is 0 Å². The van der Waals surface area contributed by atoms with Gasteiger partial charge in [0.05, 0.1) is 6.33 Å². The van der Waals surface area contributed by atoms with Crippen LogP contribution in [0.15, 0.2) is 35.0 Å². The molecule has 0 aliphatic carbocycles. The van der Waals surface area contributed by atoms with Crippen LogP contribution in [0, 0.1) is 0 Å². The van der Waals surface area contributed by atoms with Crippen LogP contribution in [-0.2, 0) is 7.05 Å². The molecule has 0 spiro atoms. The number of rotatable bonds is 3. The zero-order valence-electron chi connectivity index (χ0n) is 14.0. The van der Waals surface area contributed by atoms with Crippen LogP contribution in [-0.4, -0.2) is 39.5 Å². The predicted molar refractivity (Wildman–Crippen MR) is 94.4 cm³/mol. The lowest BCUT2D eigenvalue weighted by Gasteiger charge is -2.00. The SMILES string of the molecule is CNC(=O)c1ccc(-c2nc3c(nc(NC)c4ncn(C)c43)o2)cc1. The van der Waals surface area contributed by atoms with E-state index in [1.807, 2.05) is 11.6 Å². The second-order valence-electron chi connectivity index (χ2n) is 5.59. The zero-order valence-corrected chi connectivity index (χ0v) is 14.0. The van der Waals surface area contributed by atoms with Crippen LogP contribution in [0.25, 0.3) is 33.7 Å². The maximum Gasteiger partial charge on any atom is 0.251 e. The average molecular weight is 336 g/mol. The second-order valence-corrected chi connectivity index (χ2v) is 5.59. The Labute approximate surface area is 142 Å². The highest BCUT2D eigenvalue weighted by Crippen LogP contribution is 2.31. The van der Waals surface area contributed by atoms with Crippen molar-refractivity contribution in [3.8, 4) is 11.5 Å². The normalized spacial score (nSPS) is 11.2. The monoisotopic (exact) mass is 336 g/mol. The Morgan fingerprint density at radius 1 is 1.12 bits per heavy atom. The number of nitrogens with one attached hydrogen (secondary N) is 2. The molecule has 8 heteroatoms. The standard InChI is InChI=1S/C17H16N6O2/c1-18-14-11-13(23(3)8-20-11)12-17(22-14)25-16(21-12)10-6-4-9(5-7-10)15(24)19-2/h4-8H,1-3H3,(H,18,22)(H,19,24). The van der Waals surface area contributed by atoms with Crippen LogP contribution >= 0.6 is 0 Å².